The maximum Gasteiger partial charge on any atom is 0.138 e. The fraction of sp³-hybridized carbons (Fsp3) is 0.538. The average Bonchev–Trinajstić information content (AvgIpc) is 2.33. The van der Waals surface area contributed by atoms with Crippen LogP contribution < -0.4 is 0 Å². The van der Waals surface area contributed by atoms with Crippen molar-refractivity contribution >= 4 is 0 Å². The van der Waals surface area contributed by atoms with E-state index in [9.17, 15) is 4.39 Å². The van der Waals surface area contributed by atoms with Crippen LogP contribution in [0.3, 0.4) is 0 Å². The zero-order valence-electron chi connectivity index (χ0n) is 9.77. The first kappa shape index (κ1) is 11.6. The number of piperazine rings is 1. The highest BCUT2D eigenvalue weighted by Crippen LogP contribution is 2.18. The normalized spacial score (nSPS) is 20.9. The molecule has 16 heavy (non-hydrogen) atoms. The number of hydrogen-bond donors (Lipinski definition) is 0. The monoisotopic (exact) mass is 222 g/mol. The number of hydrogen-bond acceptors (Lipinski definition) is 2. The molecule has 1 unspecified atom stereocenters. The van der Waals surface area contributed by atoms with Gasteiger partial charge in [-0.1, -0.05) is 30.3 Å². The topological polar surface area (TPSA) is 6.48 Å². The Morgan fingerprint density at radius 3 is 2.38 bits per heavy atom. The van der Waals surface area contributed by atoms with E-state index in [0.29, 0.717) is 6.54 Å². The summed E-state index contributed by atoms with van der Waals surface area (Å²) in [5, 5.41) is 0. The minimum atomic E-state index is -0.857. The second-order valence-electron chi connectivity index (χ2n) is 4.48. The zero-order valence-corrected chi connectivity index (χ0v) is 9.77. The van der Waals surface area contributed by atoms with E-state index in [1.165, 1.54) is 0 Å². The number of alkyl halides is 1. The maximum atomic E-state index is 14.0. The lowest BCUT2D eigenvalue weighted by atomic mass is 10.1. The van der Waals surface area contributed by atoms with Crippen molar-refractivity contribution in [3.05, 3.63) is 35.9 Å². The first-order valence-electron chi connectivity index (χ1n) is 5.85. The smallest absolute Gasteiger partial charge is 0.138 e. The van der Waals surface area contributed by atoms with Crippen molar-refractivity contribution < 1.29 is 4.39 Å². The van der Waals surface area contributed by atoms with E-state index in [0.717, 1.165) is 31.7 Å². The van der Waals surface area contributed by atoms with Gasteiger partial charge in [0.25, 0.3) is 0 Å². The fourth-order valence-corrected chi connectivity index (χ4v) is 2.02. The van der Waals surface area contributed by atoms with Crippen LogP contribution in [0.1, 0.15) is 11.7 Å². The predicted octanol–water partition coefficient (Wildman–Crippen LogP) is 1.94. The summed E-state index contributed by atoms with van der Waals surface area (Å²) in [6, 6.07) is 9.44. The van der Waals surface area contributed by atoms with Gasteiger partial charge in [0.15, 0.2) is 0 Å². The SMILES string of the molecule is CN1CCN(CC(F)c2ccccc2)CC1. The van der Waals surface area contributed by atoms with Gasteiger partial charge in [-0.25, -0.2) is 4.39 Å². The second-order valence-corrected chi connectivity index (χ2v) is 4.48. The van der Waals surface area contributed by atoms with Crippen molar-refractivity contribution in [1.82, 2.24) is 9.80 Å². The molecule has 2 rings (SSSR count). The molecule has 1 atom stereocenters. The Morgan fingerprint density at radius 1 is 1.12 bits per heavy atom. The van der Waals surface area contributed by atoms with Crippen LogP contribution >= 0.6 is 0 Å². The summed E-state index contributed by atoms with van der Waals surface area (Å²) in [6.45, 7) is 4.56. The quantitative estimate of drug-likeness (QED) is 0.771. The first-order chi connectivity index (χ1) is 7.75. The van der Waals surface area contributed by atoms with E-state index in [1.807, 2.05) is 30.3 Å². The van der Waals surface area contributed by atoms with Gasteiger partial charge >= 0.3 is 0 Å². The molecular weight excluding hydrogens is 203 g/mol. The van der Waals surface area contributed by atoms with Gasteiger partial charge in [0.2, 0.25) is 0 Å². The lowest BCUT2D eigenvalue weighted by Gasteiger charge is -2.33. The minimum absolute atomic E-state index is 0.526. The van der Waals surface area contributed by atoms with Crippen LogP contribution in [0.25, 0.3) is 0 Å². The molecule has 1 saturated heterocycles. The molecule has 0 radical (unpaired) electrons. The molecule has 3 heteroatoms. The molecule has 1 aromatic rings. The van der Waals surface area contributed by atoms with Crippen molar-refractivity contribution in [2.75, 3.05) is 39.8 Å². The summed E-state index contributed by atoms with van der Waals surface area (Å²) in [7, 11) is 2.11. The summed E-state index contributed by atoms with van der Waals surface area (Å²) in [5.74, 6) is 0. The summed E-state index contributed by atoms with van der Waals surface area (Å²) in [4.78, 5) is 4.49. The molecule has 0 aliphatic carbocycles. The molecule has 1 aromatic carbocycles. The van der Waals surface area contributed by atoms with Gasteiger partial charge in [-0.2, -0.15) is 0 Å². The van der Waals surface area contributed by atoms with Gasteiger partial charge in [0.05, 0.1) is 0 Å². The Labute approximate surface area is 96.7 Å². The zero-order chi connectivity index (χ0) is 11.4. The molecule has 0 bridgehead atoms. The van der Waals surface area contributed by atoms with Crippen molar-refractivity contribution in [3.63, 3.8) is 0 Å². The van der Waals surface area contributed by atoms with Crippen LogP contribution in [-0.4, -0.2) is 49.6 Å². The summed E-state index contributed by atoms with van der Waals surface area (Å²) in [5.41, 5.74) is 0.793. The number of halogens is 1. The summed E-state index contributed by atoms with van der Waals surface area (Å²) in [6.07, 6.45) is -0.857. The molecule has 0 spiro atoms. The third kappa shape index (κ3) is 3.03. The first-order valence-corrected chi connectivity index (χ1v) is 5.85. The number of benzene rings is 1. The highest BCUT2D eigenvalue weighted by Gasteiger charge is 2.18. The Kier molecular flexibility index (Phi) is 3.91. The highest BCUT2D eigenvalue weighted by atomic mass is 19.1. The molecule has 0 N–H and O–H groups in total. The molecule has 1 aliphatic rings. The van der Waals surface area contributed by atoms with E-state index >= 15 is 0 Å². The Bertz CT molecular complexity index is 307. The second kappa shape index (κ2) is 5.41. The lowest BCUT2D eigenvalue weighted by molar-refractivity contribution is 0.122. The Balaban J connectivity index is 1.86. The lowest BCUT2D eigenvalue weighted by Crippen LogP contribution is -2.45. The minimum Gasteiger partial charge on any atom is -0.304 e. The predicted molar refractivity (Wildman–Crippen MR) is 64.2 cm³/mol. The highest BCUT2D eigenvalue weighted by molar-refractivity contribution is 5.17. The van der Waals surface area contributed by atoms with Gasteiger partial charge in [0.1, 0.15) is 6.17 Å². The molecule has 0 saturated carbocycles. The Morgan fingerprint density at radius 2 is 1.75 bits per heavy atom. The molecule has 0 amide bonds. The number of likely N-dealkylation sites (N-methyl/N-ethyl adjacent to an activating group) is 1. The number of nitrogens with zero attached hydrogens (tertiary/aromatic N) is 2. The van der Waals surface area contributed by atoms with Crippen molar-refractivity contribution in [1.29, 1.82) is 0 Å². The van der Waals surface area contributed by atoms with E-state index in [1.54, 1.807) is 0 Å². The fourth-order valence-electron chi connectivity index (χ4n) is 2.02. The van der Waals surface area contributed by atoms with Crippen LogP contribution in [0.2, 0.25) is 0 Å². The van der Waals surface area contributed by atoms with Gasteiger partial charge in [-0.3, -0.25) is 4.90 Å². The van der Waals surface area contributed by atoms with Crippen LogP contribution in [0.4, 0.5) is 4.39 Å². The van der Waals surface area contributed by atoms with Crippen molar-refractivity contribution in [2.24, 2.45) is 0 Å². The van der Waals surface area contributed by atoms with E-state index in [2.05, 4.69) is 16.8 Å². The third-order valence-corrected chi connectivity index (χ3v) is 3.18. The summed E-state index contributed by atoms with van der Waals surface area (Å²) < 4.78 is 14.0. The Hall–Kier alpha value is -0.930. The molecular formula is C13H19FN2. The summed E-state index contributed by atoms with van der Waals surface area (Å²) >= 11 is 0. The van der Waals surface area contributed by atoms with Gasteiger partial charge in [-0.05, 0) is 12.6 Å². The van der Waals surface area contributed by atoms with E-state index in [4.69, 9.17) is 0 Å². The van der Waals surface area contributed by atoms with Crippen LogP contribution in [0.15, 0.2) is 30.3 Å². The largest absolute Gasteiger partial charge is 0.304 e. The van der Waals surface area contributed by atoms with Crippen LogP contribution in [0, 0.1) is 0 Å². The molecule has 1 fully saturated rings. The van der Waals surface area contributed by atoms with Gasteiger partial charge in [0, 0.05) is 32.7 Å². The van der Waals surface area contributed by atoms with E-state index in [-0.39, 0.29) is 0 Å². The third-order valence-electron chi connectivity index (χ3n) is 3.18. The van der Waals surface area contributed by atoms with Crippen LogP contribution in [-0.2, 0) is 0 Å². The van der Waals surface area contributed by atoms with Crippen molar-refractivity contribution in [3.8, 4) is 0 Å². The van der Waals surface area contributed by atoms with Gasteiger partial charge < -0.3 is 4.90 Å². The van der Waals surface area contributed by atoms with Gasteiger partial charge in [-0.15, -0.1) is 0 Å². The molecule has 2 nitrogen and oxygen atoms in total. The molecule has 88 valence electrons. The maximum absolute atomic E-state index is 14.0. The van der Waals surface area contributed by atoms with Crippen LogP contribution in [0.5, 0.6) is 0 Å². The van der Waals surface area contributed by atoms with Crippen molar-refractivity contribution in [2.45, 2.75) is 6.17 Å². The molecule has 1 heterocycles. The average molecular weight is 222 g/mol. The van der Waals surface area contributed by atoms with E-state index < -0.39 is 6.17 Å². The number of rotatable bonds is 3. The molecule has 0 aromatic heterocycles. The standard InChI is InChI=1S/C13H19FN2/c1-15-7-9-16(10-8-15)11-13(14)12-5-3-2-4-6-12/h2-6,13H,7-11H2,1H3. The molecule has 1 aliphatic heterocycles.